The van der Waals surface area contributed by atoms with E-state index in [1.807, 2.05) is 0 Å². The molecule has 1 heterocycles. The second-order valence-corrected chi connectivity index (χ2v) is 5.14. The predicted molar refractivity (Wildman–Crippen MR) is 55.8 cm³/mol. The standard InChI is InChI=1S/C11H15NS/c1-2-11(10-5-9(1)10)12-6-8-3-4-13-7-8/h3-4,7,9-12H,1-2,5-6H2/t9-,10+,11?/m1/s1. The smallest absolute Gasteiger partial charge is 0.0216 e. The van der Waals surface area contributed by atoms with Crippen LogP contribution in [0, 0.1) is 11.8 Å². The Morgan fingerprint density at radius 3 is 3.08 bits per heavy atom. The first-order chi connectivity index (χ1) is 6.43. The van der Waals surface area contributed by atoms with Crippen LogP contribution in [0.3, 0.4) is 0 Å². The van der Waals surface area contributed by atoms with Gasteiger partial charge in [-0.2, -0.15) is 11.3 Å². The lowest BCUT2D eigenvalue weighted by Crippen LogP contribution is -2.28. The quantitative estimate of drug-likeness (QED) is 0.778. The predicted octanol–water partition coefficient (Wildman–Crippen LogP) is 2.64. The Morgan fingerprint density at radius 2 is 2.46 bits per heavy atom. The zero-order valence-electron chi connectivity index (χ0n) is 7.70. The molecule has 1 aromatic rings. The lowest BCUT2D eigenvalue weighted by atomic mass is 10.1. The van der Waals surface area contributed by atoms with Crippen molar-refractivity contribution in [3.05, 3.63) is 22.4 Å². The van der Waals surface area contributed by atoms with E-state index < -0.39 is 0 Å². The van der Waals surface area contributed by atoms with Crippen molar-refractivity contribution in [3.8, 4) is 0 Å². The average molecular weight is 193 g/mol. The van der Waals surface area contributed by atoms with Gasteiger partial charge in [0.05, 0.1) is 0 Å². The first-order valence-corrected chi connectivity index (χ1v) is 6.12. The summed E-state index contributed by atoms with van der Waals surface area (Å²) in [4.78, 5) is 0. The van der Waals surface area contributed by atoms with Gasteiger partial charge in [-0.1, -0.05) is 0 Å². The third-order valence-corrected chi connectivity index (χ3v) is 4.22. The van der Waals surface area contributed by atoms with E-state index in [1.54, 1.807) is 11.3 Å². The van der Waals surface area contributed by atoms with Crippen molar-refractivity contribution in [3.63, 3.8) is 0 Å². The molecule has 2 aliphatic rings. The molecule has 1 nitrogen and oxygen atoms in total. The molecule has 13 heavy (non-hydrogen) atoms. The molecule has 0 radical (unpaired) electrons. The Balaban J connectivity index is 1.53. The maximum Gasteiger partial charge on any atom is 0.0216 e. The van der Waals surface area contributed by atoms with E-state index in [9.17, 15) is 0 Å². The van der Waals surface area contributed by atoms with Gasteiger partial charge in [-0.25, -0.2) is 0 Å². The van der Waals surface area contributed by atoms with E-state index in [0.717, 1.165) is 24.4 Å². The van der Waals surface area contributed by atoms with Gasteiger partial charge >= 0.3 is 0 Å². The van der Waals surface area contributed by atoms with Gasteiger partial charge in [0.25, 0.3) is 0 Å². The fourth-order valence-corrected chi connectivity index (χ4v) is 3.27. The van der Waals surface area contributed by atoms with Crippen molar-refractivity contribution in [1.29, 1.82) is 0 Å². The molecule has 0 saturated heterocycles. The first-order valence-electron chi connectivity index (χ1n) is 5.18. The van der Waals surface area contributed by atoms with Crippen LogP contribution in [0.5, 0.6) is 0 Å². The highest BCUT2D eigenvalue weighted by molar-refractivity contribution is 7.07. The van der Waals surface area contributed by atoms with Crippen molar-refractivity contribution < 1.29 is 0 Å². The van der Waals surface area contributed by atoms with Gasteiger partial charge in [-0.15, -0.1) is 0 Å². The summed E-state index contributed by atoms with van der Waals surface area (Å²) in [6.07, 6.45) is 4.40. The van der Waals surface area contributed by atoms with Gasteiger partial charge in [0.1, 0.15) is 0 Å². The number of thiophene rings is 1. The largest absolute Gasteiger partial charge is 0.310 e. The van der Waals surface area contributed by atoms with Crippen LogP contribution in [0.4, 0.5) is 0 Å². The van der Waals surface area contributed by atoms with Crippen molar-refractivity contribution >= 4 is 11.3 Å². The van der Waals surface area contributed by atoms with Crippen LogP contribution >= 0.6 is 11.3 Å². The molecule has 3 atom stereocenters. The topological polar surface area (TPSA) is 12.0 Å². The Bertz CT molecular complexity index is 280. The molecule has 2 heteroatoms. The molecule has 3 rings (SSSR count). The lowest BCUT2D eigenvalue weighted by molar-refractivity contribution is 0.475. The SMILES string of the molecule is c1cc(CNC2CC[C@@H]3C[C@H]23)cs1. The minimum atomic E-state index is 0.838. The van der Waals surface area contributed by atoms with E-state index in [2.05, 4.69) is 22.1 Å². The van der Waals surface area contributed by atoms with Crippen molar-refractivity contribution in [1.82, 2.24) is 5.32 Å². The van der Waals surface area contributed by atoms with Crippen molar-refractivity contribution in [2.45, 2.75) is 31.8 Å². The van der Waals surface area contributed by atoms with Crippen molar-refractivity contribution in [2.24, 2.45) is 11.8 Å². The molecule has 0 aromatic carbocycles. The molecule has 0 amide bonds. The normalized spacial score (nSPS) is 36.2. The molecule has 2 aliphatic carbocycles. The Kier molecular flexibility index (Phi) is 1.91. The molecule has 2 saturated carbocycles. The lowest BCUT2D eigenvalue weighted by Gasteiger charge is -2.12. The summed E-state index contributed by atoms with van der Waals surface area (Å²) in [6, 6.07) is 3.06. The second kappa shape index (κ2) is 3.10. The van der Waals surface area contributed by atoms with E-state index >= 15 is 0 Å². The molecule has 70 valence electrons. The average Bonchev–Trinajstić information content (AvgIpc) is 2.64. The number of rotatable bonds is 3. The molecule has 1 N–H and O–H groups in total. The summed E-state index contributed by atoms with van der Waals surface area (Å²) in [7, 11) is 0. The van der Waals surface area contributed by atoms with E-state index in [0.29, 0.717) is 0 Å². The third-order valence-electron chi connectivity index (χ3n) is 3.49. The third kappa shape index (κ3) is 1.53. The summed E-state index contributed by atoms with van der Waals surface area (Å²) in [6.45, 7) is 1.08. The fraction of sp³-hybridized carbons (Fsp3) is 0.636. The number of hydrogen-bond donors (Lipinski definition) is 1. The van der Waals surface area contributed by atoms with E-state index in [-0.39, 0.29) is 0 Å². The molecule has 0 spiro atoms. The van der Waals surface area contributed by atoms with Gasteiger partial charge in [-0.05, 0) is 53.5 Å². The molecule has 1 unspecified atom stereocenters. The molecule has 1 aromatic heterocycles. The zero-order valence-corrected chi connectivity index (χ0v) is 8.52. The summed E-state index contributed by atoms with van der Waals surface area (Å²) in [5.74, 6) is 2.14. The number of hydrogen-bond acceptors (Lipinski definition) is 2. The maximum absolute atomic E-state index is 3.68. The van der Waals surface area contributed by atoms with Gasteiger partial charge < -0.3 is 5.32 Å². The van der Waals surface area contributed by atoms with Crippen LogP contribution in [0.15, 0.2) is 16.8 Å². The van der Waals surface area contributed by atoms with Crippen LogP contribution < -0.4 is 5.32 Å². The molecule has 0 bridgehead atoms. The van der Waals surface area contributed by atoms with Gasteiger partial charge in [0.2, 0.25) is 0 Å². The van der Waals surface area contributed by atoms with Crippen LogP contribution in [0.1, 0.15) is 24.8 Å². The Hall–Kier alpha value is -0.340. The summed E-state index contributed by atoms with van der Waals surface area (Å²) in [5, 5.41) is 8.08. The fourth-order valence-electron chi connectivity index (χ4n) is 2.60. The van der Waals surface area contributed by atoms with E-state index in [4.69, 9.17) is 0 Å². The van der Waals surface area contributed by atoms with Crippen molar-refractivity contribution in [2.75, 3.05) is 0 Å². The maximum atomic E-state index is 3.68. The molecular weight excluding hydrogens is 178 g/mol. The Morgan fingerprint density at radius 1 is 1.46 bits per heavy atom. The highest BCUT2D eigenvalue weighted by Crippen LogP contribution is 2.51. The highest BCUT2D eigenvalue weighted by atomic mass is 32.1. The Labute approximate surface area is 83.2 Å². The molecule has 2 fully saturated rings. The summed E-state index contributed by atoms with van der Waals surface area (Å²) >= 11 is 1.79. The van der Waals surface area contributed by atoms with Gasteiger partial charge in [0, 0.05) is 12.6 Å². The number of nitrogens with one attached hydrogen (secondary N) is 1. The van der Waals surface area contributed by atoms with Crippen LogP contribution in [0.2, 0.25) is 0 Å². The van der Waals surface area contributed by atoms with Gasteiger partial charge in [-0.3, -0.25) is 0 Å². The summed E-state index contributed by atoms with van der Waals surface area (Å²) < 4.78 is 0. The minimum absolute atomic E-state index is 0.838. The number of fused-ring (bicyclic) bond motifs is 1. The van der Waals surface area contributed by atoms with Gasteiger partial charge in [0.15, 0.2) is 0 Å². The minimum Gasteiger partial charge on any atom is -0.310 e. The first kappa shape index (κ1) is 8.01. The van der Waals surface area contributed by atoms with Crippen LogP contribution in [-0.4, -0.2) is 6.04 Å². The monoisotopic (exact) mass is 193 g/mol. The van der Waals surface area contributed by atoms with Crippen LogP contribution in [0.25, 0.3) is 0 Å². The molecule has 0 aliphatic heterocycles. The zero-order chi connectivity index (χ0) is 8.67. The molecular formula is C11H15NS. The van der Waals surface area contributed by atoms with E-state index in [1.165, 1.54) is 24.8 Å². The highest BCUT2D eigenvalue weighted by Gasteiger charge is 2.47. The summed E-state index contributed by atoms with van der Waals surface area (Å²) in [5.41, 5.74) is 1.45. The second-order valence-electron chi connectivity index (χ2n) is 4.36. The van der Waals surface area contributed by atoms with Crippen LogP contribution in [-0.2, 0) is 6.54 Å².